The third kappa shape index (κ3) is 21.8. The molecular weight excluding hydrogens is 304 g/mol. The van der Waals surface area contributed by atoms with Crippen LogP contribution in [0.3, 0.4) is 0 Å². The van der Waals surface area contributed by atoms with Gasteiger partial charge in [0.25, 0.3) is 0 Å². The van der Waals surface area contributed by atoms with Crippen molar-refractivity contribution in [1.82, 2.24) is 0 Å². The zero-order chi connectivity index (χ0) is 12.7. The smallest absolute Gasteiger partial charge is 0.148 e. The maximum atomic E-state index is 8.25. The van der Waals surface area contributed by atoms with Gasteiger partial charge in [0, 0.05) is 5.25 Å². The maximum absolute atomic E-state index is 8.25. The van der Waals surface area contributed by atoms with Crippen LogP contribution < -0.4 is 0 Å². The van der Waals surface area contributed by atoms with Crippen LogP contribution in [0.25, 0.3) is 0 Å². The molecule has 0 amide bonds. The predicted octanol–water partition coefficient (Wildman–Crippen LogP) is 3.43. The standard InChI is InChI=1S/C6H14S4.C2H6OS2/c1-2-3-4-5(7)6(8,9)10;1-2(3,4)5/h5,7-10H,2-4H2,1H3;3-5H,1H3. The molecule has 1 unspecified atom stereocenters. The Morgan fingerprint density at radius 2 is 1.47 bits per heavy atom. The van der Waals surface area contributed by atoms with E-state index in [0.29, 0.717) is 0 Å². The third-order valence-electron chi connectivity index (χ3n) is 1.28. The van der Waals surface area contributed by atoms with Crippen LogP contribution in [0.1, 0.15) is 33.1 Å². The Bertz CT molecular complexity index is 144. The van der Waals surface area contributed by atoms with E-state index in [4.69, 9.17) is 5.11 Å². The van der Waals surface area contributed by atoms with Gasteiger partial charge in [0.1, 0.15) is 7.68 Å². The molecule has 0 fully saturated rings. The van der Waals surface area contributed by atoms with Gasteiger partial charge < -0.3 is 5.11 Å². The quantitative estimate of drug-likeness (QED) is 0.312. The van der Waals surface area contributed by atoms with Crippen LogP contribution >= 0.6 is 75.8 Å². The van der Waals surface area contributed by atoms with Gasteiger partial charge in [-0.1, -0.05) is 19.8 Å². The summed E-state index contributed by atoms with van der Waals surface area (Å²) < 4.78 is -1.65. The van der Waals surface area contributed by atoms with Gasteiger partial charge in [-0.25, -0.2) is 0 Å². The van der Waals surface area contributed by atoms with Gasteiger partial charge in [-0.15, -0.1) is 25.3 Å². The molecule has 0 bridgehead atoms. The van der Waals surface area contributed by atoms with E-state index < -0.39 is 7.68 Å². The van der Waals surface area contributed by atoms with Crippen LogP contribution in [0.5, 0.6) is 0 Å². The van der Waals surface area contributed by atoms with E-state index in [9.17, 15) is 0 Å². The summed E-state index contributed by atoms with van der Waals surface area (Å²) in [5.41, 5.74) is 0. The molecule has 7 heteroatoms. The molecule has 0 aliphatic carbocycles. The first-order valence-corrected chi connectivity index (χ1v) is 7.26. The Hall–Kier alpha value is 2.06. The van der Waals surface area contributed by atoms with Gasteiger partial charge >= 0.3 is 0 Å². The van der Waals surface area contributed by atoms with E-state index >= 15 is 0 Å². The molecule has 0 saturated heterocycles. The summed E-state index contributed by atoms with van der Waals surface area (Å²) in [6.07, 6.45) is 3.37. The number of unbranched alkanes of at least 4 members (excludes halogenated alkanes) is 1. The first kappa shape index (κ1) is 19.4. The van der Waals surface area contributed by atoms with Crippen molar-refractivity contribution in [3.63, 3.8) is 0 Å². The van der Waals surface area contributed by atoms with Gasteiger partial charge in [0.15, 0.2) is 0 Å². The average molecular weight is 325 g/mol. The van der Waals surface area contributed by atoms with Gasteiger partial charge in [-0.05, 0) is 13.3 Å². The molecule has 0 heterocycles. The fourth-order valence-corrected chi connectivity index (χ4v) is 1.16. The van der Waals surface area contributed by atoms with Crippen molar-refractivity contribution >= 4 is 75.8 Å². The van der Waals surface area contributed by atoms with Gasteiger partial charge in [0.2, 0.25) is 0 Å². The van der Waals surface area contributed by atoms with Crippen molar-refractivity contribution in [3.8, 4) is 0 Å². The maximum Gasteiger partial charge on any atom is 0.148 e. The Kier molecular flexibility index (Phi) is 11.7. The Balaban J connectivity index is 0. The molecule has 0 radical (unpaired) electrons. The molecule has 94 valence electrons. The van der Waals surface area contributed by atoms with E-state index in [2.05, 4.69) is 82.7 Å². The molecule has 0 aromatic heterocycles. The summed E-state index contributed by atoms with van der Waals surface area (Å²) in [5.74, 6) is 0. The molecule has 0 spiro atoms. The highest BCUT2D eigenvalue weighted by Crippen LogP contribution is 2.34. The molecule has 0 aromatic carbocycles. The minimum Gasteiger partial charge on any atom is -0.371 e. The largest absolute Gasteiger partial charge is 0.371 e. The van der Waals surface area contributed by atoms with Crippen LogP contribution in [0.15, 0.2) is 0 Å². The lowest BCUT2D eigenvalue weighted by molar-refractivity contribution is 0.256. The monoisotopic (exact) mass is 324 g/mol. The first-order valence-electron chi connectivity index (χ1n) is 4.50. The van der Waals surface area contributed by atoms with Crippen LogP contribution in [0.2, 0.25) is 0 Å². The Morgan fingerprint density at radius 3 is 1.67 bits per heavy atom. The number of rotatable bonds is 4. The molecule has 0 aromatic rings. The number of aliphatic hydroxyl groups is 1. The molecule has 0 aliphatic heterocycles. The third-order valence-corrected chi connectivity index (χ3v) is 3.47. The molecular formula is C8H20OS6. The van der Waals surface area contributed by atoms with Crippen molar-refractivity contribution in [1.29, 1.82) is 0 Å². The molecule has 1 nitrogen and oxygen atoms in total. The molecule has 15 heavy (non-hydrogen) atoms. The van der Waals surface area contributed by atoms with Crippen LogP contribution in [0, 0.1) is 0 Å². The highest BCUT2D eigenvalue weighted by atomic mass is 32.2. The number of thiol groups is 6. The van der Waals surface area contributed by atoms with Gasteiger partial charge in [-0.2, -0.15) is 50.5 Å². The summed E-state index contributed by atoms with van der Waals surface area (Å²) in [6, 6.07) is 0. The lowest BCUT2D eigenvalue weighted by atomic mass is 10.2. The van der Waals surface area contributed by atoms with Crippen molar-refractivity contribution in [2.24, 2.45) is 0 Å². The lowest BCUT2D eigenvalue weighted by Gasteiger charge is -2.22. The summed E-state index contributed by atoms with van der Waals surface area (Å²) in [6.45, 7) is 3.62. The van der Waals surface area contributed by atoms with E-state index in [-0.39, 0.29) is 5.25 Å². The first-order chi connectivity index (χ1) is 6.48. The number of hydrogen-bond acceptors (Lipinski definition) is 7. The molecule has 0 rings (SSSR count). The summed E-state index contributed by atoms with van der Waals surface area (Å²) in [4.78, 5) is 0. The van der Waals surface area contributed by atoms with Crippen LogP contribution in [0.4, 0.5) is 0 Å². The van der Waals surface area contributed by atoms with E-state index in [1.807, 2.05) is 0 Å². The van der Waals surface area contributed by atoms with Crippen LogP contribution in [-0.4, -0.2) is 18.0 Å². The number of hydrogen-bond donors (Lipinski definition) is 7. The second-order valence-electron chi connectivity index (χ2n) is 3.32. The Morgan fingerprint density at radius 1 is 1.13 bits per heavy atom. The molecule has 1 N–H and O–H groups in total. The molecule has 0 aliphatic rings. The van der Waals surface area contributed by atoms with Crippen molar-refractivity contribution in [2.75, 3.05) is 0 Å². The zero-order valence-electron chi connectivity index (χ0n) is 8.83. The van der Waals surface area contributed by atoms with E-state index in [1.54, 1.807) is 0 Å². The lowest BCUT2D eigenvalue weighted by Crippen LogP contribution is -2.19. The summed E-state index contributed by atoms with van der Waals surface area (Å²) >= 11 is 23.9. The fourth-order valence-electron chi connectivity index (χ4n) is 0.591. The summed E-state index contributed by atoms with van der Waals surface area (Å²) in [5, 5.41) is 8.40. The van der Waals surface area contributed by atoms with Gasteiger partial charge in [0.05, 0.1) is 0 Å². The molecule has 1 atom stereocenters. The topological polar surface area (TPSA) is 20.2 Å². The minimum absolute atomic E-state index is 0.155. The van der Waals surface area contributed by atoms with Crippen LogP contribution in [-0.2, 0) is 0 Å². The van der Waals surface area contributed by atoms with Crippen molar-refractivity contribution < 1.29 is 5.11 Å². The van der Waals surface area contributed by atoms with Crippen molar-refractivity contribution in [3.05, 3.63) is 0 Å². The SMILES string of the molecule is CC(O)(S)S.CCCCC(S)C(S)(S)S. The zero-order valence-corrected chi connectivity index (χ0v) is 14.2. The fraction of sp³-hybridized carbons (Fsp3) is 1.00. The molecule has 0 saturated carbocycles. The van der Waals surface area contributed by atoms with Gasteiger partial charge in [-0.3, -0.25) is 0 Å². The normalized spacial score (nSPS) is 14.2. The van der Waals surface area contributed by atoms with Crippen molar-refractivity contribution in [2.45, 2.75) is 46.0 Å². The average Bonchev–Trinajstić information content (AvgIpc) is 1.94. The second kappa shape index (κ2) is 9.05. The predicted molar refractivity (Wildman–Crippen MR) is 90.6 cm³/mol. The van der Waals surface area contributed by atoms with E-state index in [0.717, 1.165) is 12.8 Å². The second-order valence-corrected chi connectivity index (χ2v) is 9.21. The minimum atomic E-state index is -1.11. The van der Waals surface area contributed by atoms with E-state index in [1.165, 1.54) is 13.3 Å². The Labute approximate surface area is 126 Å². The highest BCUT2D eigenvalue weighted by molar-refractivity contribution is 8.18. The summed E-state index contributed by atoms with van der Waals surface area (Å²) in [7, 11) is 0. The highest BCUT2D eigenvalue weighted by Gasteiger charge is 2.23.